The molecule has 1 aliphatic heterocycles. The Kier molecular flexibility index (Phi) is 3.17. The number of carboxylic acid groups (broad SMARTS) is 1. The molecule has 0 saturated heterocycles. The van der Waals surface area contributed by atoms with Gasteiger partial charge in [0.25, 0.3) is 0 Å². The number of aromatic carboxylic acids is 1. The van der Waals surface area contributed by atoms with E-state index >= 15 is 0 Å². The molecule has 5 heteroatoms. The fourth-order valence-electron chi connectivity index (χ4n) is 1.60. The van der Waals surface area contributed by atoms with Crippen molar-refractivity contribution in [3.63, 3.8) is 0 Å². The number of aromatic nitrogens is 1. The highest BCUT2D eigenvalue weighted by Crippen LogP contribution is 2.23. The van der Waals surface area contributed by atoms with Gasteiger partial charge in [-0.05, 0) is 36.0 Å². The predicted octanol–water partition coefficient (Wildman–Crippen LogP) is 2.27. The zero-order valence-corrected chi connectivity index (χ0v) is 9.57. The van der Waals surface area contributed by atoms with E-state index in [1.54, 1.807) is 6.07 Å². The number of hydrogen-bond acceptors (Lipinski definition) is 3. The molecule has 1 N–H and O–H groups in total. The smallest absolute Gasteiger partial charge is 0.338 e. The summed E-state index contributed by atoms with van der Waals surface area (Å²) in [5.41, 5.74) is 2.10. The lowest BCUT2D eigenvalue weighted by Crippen LogP contribution is -2.05. The van der Waals surface area contributed by atoms with Crippen molar-refractivity contribution in [3.05, 3.63) is 28.0 Å². The van der Waals surface area contributed by atoms with Crippen LogP contribution in [0.15, 0.2) is 6.07 Å². The first-order valence-corrected chi connectivity index (χ1v) is 6.21. The molecule has 1 aromatic heterocycles. The van der Waals surface area contributed by atoms with Crippen LogP contribution in [0.1, 0.15) is 21.6 Å². The molecule has 15 heavy (non-hydrogen) atoms. The summed E-state index contributed by atoms with van der Waals surface area (Å²) in [5, 5.41) is 9.01. The molecular formula is C10H10ClNO2S. The van der Waals surface area contributed by atoms with E-state index in [1.807, 2.05) is 11.8 Å². The number of fused-ring (bicyclic) bond motifs is 1. The van der Waals surface area contributed by atoms with E-state index in [4.69, 9.17) is 16.7 Å². The molecule has 2 rings (SSSR count). The maximum Gasteiger partial charge on any atom is 0.338 e. The van der Waals surface area contributed by atoms with E-state index < -0.39 is 5.97 Å². The average Bonchev–Trinajstić information content (AvgIpc) is 2.40. The minimum absolute atomic E-state index is 0.105. The number of carboxylic acids is 1. The quantitative estimate of drug-likeness (QED) is 0.769. The Hall–Kier alpha value is -0.740. The predicted molar refractivity (Wildman–Crippen MR) is 60.9 cm³/mol. The molecule has 0 aromatic carbocycles. The highest BCUT2D eigenvalue weighted by Gasteiger charge is 2.16. The molecule has 1 aliphatic rings. The van der Waals surface area contributed by atoms with E-state index in [0.717, 1.165) is 35.6 Å². The second-order valence-electron chi connectivity index (χ2n) is 3.35. The van der Waals surface area contributed by atoms with Gasteiger partial charge in [0.2, 0.25) is 0 Å². The van der Waals surface area contributed by atoms with Crippen LogP contribution in [-0.2, 0) is 12.8 Å². The molecule has 0 amide bonds. The SMILES string of the molecule is O=C(O)c1cc2c(nc1Cl)CCSCC2. The molecule has 2 heterocycles. The maximum atomic E-state index is 10.9. The molecule has 0 aliphatic carbocycles. The summed E-state index contributed by atoms with van der Waals surface area (Å²) >= 11 is 7.67. The number of aryl methyl sites for hydroxylation is 2. The number of pyridine rings is 1. The zero-order chi connectivity index (χ0) is 10.8. The van der Waals surface area contributed by atoms with Gasteiger partial charge in [-0.3, -0.25) is 0 Å². The van der Waals surface area contributed by atoms with Gasteiger partial charge < -0.3 is 5.11 Å². The van der Waals surface area contributed by atoms with Crippen molar-refractivity contribution in [1.82, 2.24) is 4.98 Å². The van der Waals surface area contributed by atoms with Crippen molar-refractivity contribution in [2.45, 2.75) is 12.8 Å². The van der Waals surface area contributed by atoms with Crippen LogP contribution in [0.4, 0.5) is 0 Å². The lowest BCUT2D eigenvalue weighted by molar-refractivity contribution is 0.0696. The second kappa shape index (κ2) is 4.41. The van der Waals surface area contributed by atoms with Crippen molar-refractivity contribution in [2.24, 2.45) is 0 Å². The number of halogens is 1. The van der Waals surface area contributed by atoms with Crippen LogP contribution in [0.25, 0.3) is 0 Å². The summed E-state index contributed by atoms with van der Waals surface area (Å²) in [6, 6.07) is 1.67. The van der Waals surface area contributed by atoms with Crippen molar-refractivity contribution in [2.75, 3.05) is 11.5 Å². The summed E-state index contributed by atoms with van der Waals surface area (Å²) in [4.78, 5) is 15.0. The Bertz CT molecular complexity index is 409. The number of hydrogen-bond donors (Lipinski definition) is 1. The van der Waals surface area contributed by atoms with Gasteiger partial charge in [0.15, 0.2) is 0 Å². The number of nitrogens with zero attached hydrogens (tertiary/aromatic N) is 1. The van der Waals surface area contributed by atoms with Gasteiger partial charge in [-0.1, -0.05) is 11.6 Å². The summed E-state index contributed by atoms with van der Waals surface area (Å²) in [5.74, 6) is 1.05. The van der Waals surface area contributed by atoms with Gasteiger partial charge in [-0.2, -0.15) is 11.8 Å². The average molecular weight is 244 g/mol. The lowest BCUT2D eigenvalue weighted by atomic mass is 10.1. The van der Waals surface area contributed by atoms with Crippen molar-refractivity contribution in [3.8, 4) is 0 Å². The minimum Gasteiger partial charge on any atom is -0.478 e. The third-order valence-electron chi connectivity index (χ3n) is 2.37. The fourth-order valence-corrected chi connectivity index (χ4v) is 2.75. The molecule has 0 bridgehead atoms. The van der Waals surface area contributed by atoms with Crippen molar-refractivity contribution < 1.29 is 9.90 Å². The van der Waals surface area contributed by atoms with Crippen LogP contribution in [0, 0.1) is 0 Å². The van der Waals surface area contributed by atoms with Crippen molar-refractivity contribution in [1.29, 1.82) is 0 Å². The molecule has 80 valence electrons. The second-order valence-corrected chi connectivity index (χ2v) is 4.93. The Labute approximate surface area is 96.9 Å². The molecule has 0 spiro atoms. The molecule has 0 fully saturated rings. The largest absolute Gasteiger partial charge is 0.478 e. The van der Waals surface area contributed by atoms with Gasteiger partial charge in [0.05, 0.1) is 5.56 Å². The first-order chi connectivity index (χ1) is 7.18. The highest BCUT2D eigenvalue weighted by molar-refractivity contribution is 7.99. The van der Waals surface area contributed by atoms with Gasteiger partial charge in [0, 0.05) is 5.69 Å². The third-order valence-corrected chi connectivity index (χ3v) is 3.65. The summed E-state index contributed by atoms with van der Waals surface area (Å²) < 4.78 is 0. The zero-order valence-electron chi connectivity index (χ0n) is 7.99. The first-order valence-electron chi connectivity index (χ1n) is 4.68. The number of rotatable bonds is 1. The number of carbonyl (C=O) groups is 1. The monoisotopic (exact) mass is 243 g/mol. The molecule has 1 aromatic rings. The van der Waals surface area contributed by atoms with Crippen LogP contribution in [-0.4, -0.2) is 27.6 Å². The van der Waals surface area contributed by atoms with Crippen LogP contribution < -0.4 is 0 Å². The van der Waals surface area contributed by atoms with Gasteiger partial charge >= 0.3 is 5.97 Å². The van der Waals surface area contributed by atoms with Crippen LogP contribution in [0.3, 0.4) is 0 Å². The third kappa shape index (κ3) is 2.26. The van der Waals surface area contributed by atoms with E-state index in [2.05, 4.69) is 4.98 Å². The maximum absolute atomic E-state index is 10.9. The van der Waals surface area contributed by atoms with E-state index in [9.17, 15) is 4.79 Å². The lowest BCUT2D eigenvalue weighted by Gasteiger charge is -2.06. The summed E-state index contributed by atoms with van der Waals surface area (Å²) in [6.07, 6.45) is 1.75. The summed E-state index contributed by atoms with van der Waals surface area (Å²) in [6.45, 7) is 0. The number of thioether (sulfide) groups is 1. The molecule has 3 nitrogen and oxygen atoms in total. The Morgan fingerprint density at radius 2 is 2.20 bits per heavy atom. The Morgan fingerprint density at radius 1 is 1.47 bits per heavy atom. The van der Waals surface area contributed by atoms with E-state index in [0.29, 0.717) is 0 Å². The van der Waals surface area contributed by atoms with E-state index in [-0.39, 0.29) is 10.7 Å². The minimum atomic E-state index is -1.01. The topological polar surface area (TPSA) is 50.2 Å². The van der Waals surface area contributed by atoms with Crippen LogP contribution in [0.2, 0.25) is 5.15 Å². The fraction of sp³-hybridized carbons (Fsp3) is 0.400. The van der Waals surface area contributed by atoms with E-state index in [1.165, 1.54) is 0 Å². The van der Waals surface area contributed by atoms with Gasteiger partial charge in [-0.25, -0.2) is 9.78 Å². The van der Waals surface area contributed by atoms with Crippen LogP contribution >= 0.6 is 23.4 Å². The molecule has 0 unspecified atom stereocenters. The van der Waals surface area contributed by atoms with Gasteiger partial charge in [0.1, 0.15) is 5.15 Å². The molecule has 0 radical (unpaired) electrons. The molecule has 0 saturated carbocycles. The Balaban J connectivity index is 2.47. The highest BCUT2D eigenvalue weighted by atomic mass is 35.5. The van der Waals surface area contributed by atoms with Crippen molar-refractivity contribution >= 4 is 29.3 Å². The standard InChI is InChI=1S/C10H10ClNO2S/c11-9-7(10(13)14)5-6-1-3-15-4-2-8(6)12-9/h5H,1-4H2,(H,13,14). The van der Waals surface area contributed by atoms with Crippen LogP contribution in [0.5, 0.6) is 0 Å². The molecule has 0 atom stereocenters. The Morgan fingerprint density at radius 3 is 2.93 bits per heavy atom. The normalized spacial score (nSPS) is 15.5. The molecular weight excluding hydrogens is 234 g/mol. The summed E-state index contributed by atoms with van der Waals surface area (Å²) in [7, 11) is 0. The van der Waals surface area contributed by atoms with Gasteiger partial charge in [-0.15, -0.1) is 0 Å². The first kappa shape index (κ1) is 10.8.